The lowest BCUT2D eigenvalue weighted by atomic mass is 10.0. The summed E-state index contributed by atoms with van der Waals surface area (Å²) in [5.41, 5.74) is 10.1. The summed E-state index contributed by atoms with van der Waals surface area (Å²) in [5.74, 6) is -0.499. The number of hydrogen-bond donors (Lipinski definition) is 2. The molecule has 1 fully saturated rings. The second-order valence-corrected chi connectivity index (χ2v) is 8.55. The highest BCUT2D eigenvalue weighted by Gasteiger charge is 2.22. The monoisotopic (exact) mass is 434 g/mol. The largest absolute Gasteiger partial charge is 0.365 e. The van der Waals surface area contributed by atoms with E-state index in [1.807, 2.05) is 19.9 Å². The first-order valence-electron chi connectivity index (χ1n) is 11.1. The maximum absolute atomic E-state index is 12.7. The van der Waals surface area contributed by atoms with Gasteiger partial charge in [0.05, 0.1) is 6.20 Å². The van der Waals surface area contributed by atoms with Crippen LogP contribution in [0.1, 0.15) is 52.1 Å². The van der Waals surface area contributed by atoms with Gasteiger partial charge in [-0.3, -0.25) is 14.5 Å². The summed E-state index contributed by atoms with van der Waals surface area (Å²) in [7, 11) is 0. The lowest BCUT2D eigenvalue weighted by molar-refractivity contribution is -0.122. The number of nitrogens with two attached hydrogens (primary N) is 1. The van der Waals surface area contributed by atoms with Gasteiger partial charge in [0.1, 0.15) is 5.56 Å². The van der Waals surface area contributed by atoms with Crippen molar-refractivity contribution in [1.82, 2.24) is 24.8 Å². The molecule has 1 aliphatic rings. The first-order valence-corrected chi connectivity index (χ1v) is 11.1. The maximum atomic E-state index is 12.7. The van der Waals surface area contributed by atoms with Crippen molar-refractivity contribution in [3.63, 3.8) is 0 Å². The first kappa shape index (κ1) is 22.0. The number of hydrogen-bond acceptors (Lipinski definition) is 5. The van der Waals surface area contributed by atoms with E-state index in [-0.39, 0.29) is 11.9 Å². The SMILES string of the molecule is Cc1nc2c(C(N)=O)cnn2c(C)c1CCC(=O)NC1CCCN(Cc2ccccc2)C1. The molecule has 8 nitrogen and oxygen atoms in total. The van der Waals surface area contributed by atoms with Gasteiger partial charge in [-0.15, -0.1) is 0 Å². The Morgan fingerprint density at radius 3 is 2.75 bits per heavy atom. The fourth-order valence-corrected chi connectivity index (χ4v) is 4.54. The highest BCUT2D eigenvalue weighted by Crippen LogP contribution is 2.19. The average molecular weight is 435 g/mol. The average Bonchev–Trinajstić information content (AvgIpc) is 3.19. The van der Waals surface area contributed by atoms with Crippen molar-refractivity contribution in [2.24, 2.45) is 5.73 Å². The van der Waals surface area contributed by atoms with Crippen molar-refractivity contribution >= 4 is 17.5 Å². The third kappa shape index (κ3) is 4.80. The standard InChI is InChI=1S/C24H30N6O2/c1-16-20(17(2)30-24(27-16)21(13-26-30)23(25)32)10-11-22(31)28-19-9-6-12-29(15-19)14-18-7-4-3-5-8-18/h3-5,7-8,13,19H,6,9-12,14-15H2,1-2H3,(H2,25,32)(H,28,31). The van der Waals surface area contributed by atoms with Gasteiger partial charge >= 0.3 is 0 Å². The zero-order valence-corrected chi connectivity index (χ0v) is 18.7. The van der Waals surface area contributed by atoms with Gasteiger partial charge in [-0.2, -0.15) is 5.10 Å². The van der Waals surface area contributed by atoms with E-state index < -0.39 is 5.91 Å². The maximum Gasteiger partial charge on any atom is 0.254 e. The predicted molar refractivity (Wildman–Crippen MR) is 122 cm³/mol. The van der Waals surface area contributed by atoms with E-state index in [4.69, 9.17) is 5.73 Å². The van der Waals surface area contributed by atoms with Crippen LogP contribution in [0, 0.1) is 13.8 Å². The molecule has 2 aromatic heterocycles. The zero-order valence-electron chi connectivity index (χ0n) is 18.7. The molecular weight excluding hydrogens is 404 g/mol. The molecule has 1 aromatic carbocycles. The number of carbonyl (C=O) groups excluding carboxylic acids is 2. The fourth-order valence-electron chi connectivity index (χ4n) is 4.54. The Morgan fingerprint density at radius 1 is 1.22 bits per heavy atom. The van der Waals surface area contributed by atoms with Gasteiger partial charge in [-0.25, -0.2) is 9.50 Å². The molecule has 1 aliphatic heterocycles. The van der Waals surface area contributed by atoms with Crippen LogP contribution in [0.3, 0.4) is 0 Å². The minimum Gasteiger partial charge on any atom is -0.365 e. The number of primary amides is 1. The van der Waals surface area contributed by atoms with Crippen molar-refractivity contribution in [3.05, 3.63) is 64.6 Å². The topological polar surface area (TPSA) is 106 Å². The molecule has 1 unspecified atom stereocenters. The molecule has 0 aliphatic carbocycles. The van der Waals surface area contributed by atoms with Crippen molar-refractivity contribution in [3.8, 4) is 0 Å². The van der Waals surface area contributed by atoms with Gasteiger partial charge < -0.3 is 11.1 Å². The number of fused-ring (bicyclic) bond motifs is 1. The van der Waals surface area contributed by atoms with Gasteiger partial charge in [0.15, 0.2) is 5.65 Å². The van der Waals surface area contributed by atoms with E-state index in [0.29, 0.717) is 24.1 Å². The Labute approximate surface area is 187 Å². The molecule has 2 amide bonds. The van der Waals surface area contributed by atoms with Gasteiger partial charge in [0, 0.05) is 36.9 Å². The fraction of sp³-hybridized carbons (Fsp3) is 0.417. The minimum absolute atomic E-state index is 0.0498. The lowest BCUT2D eigenvalue weighted by Crippen LogP contribution is -2.47. The van der Waals surface area contributed by atoms with Gasteiger partial charge in [-0.1, -0.05) is 30.3 Å². The molecule has 3 N–H and O–H groups in total. The number of aromatic nitrogens is 3. The van der Waals surface area contributed by atoms with Crippen LogP contribution in [0.5, 0.6) is 0 Å². The third-order valence-corrected chi connectivity index (χ3v) is 6.20. The number of aryl methyl sites for hydroxylation is 2. The molecule has 3 heterocycles. The van der Waals surface area contributed by atoms with Crippen LogP contribution in [0.25, 0.3) is 5.65 Å². The molecule has 4 rings (SSSR count). The summed E-state index contributed by atoms with van der Waals surface area (Å²) in [6.07, 6.45) is 4.48. The summed E-state index contributed by atoms with van der Waals surface area (Å²) >= 11 is 0. The molecule has 3 aromatic rings. The van der Waals surface area contributed by atoms with Crippen molar-refractivity contribution in [2.75, 3.05) is 13.1 Å². The van der Waals surface area contributed by atoms with Crippen LogP contribution in [-0.2, 0) is 17.8 Å². The van der Waals surface area contributed by atoms with Gasteiger partial charge in [0.2, 0.25) is 5.91 Å². The number of piperidine rings is 1. The quantitative estimate of drug-likeness (QED) is 0.593. The Hall–Kier alpha value is -3.26. The molecular formula is C24H30N6O2. The highest BCUT2D eigenvalue weighted by atomic mass is 16.2. The third-order valence-electron chi connectivity index (χ3n) is 6.20. The molecule has 168 valence electrons. The van der Waals surface area contributed by atoms with E-state index >= 15 is 0 Å². The highest BCUT2D eigenvalue weighted by molar-refractivity contribution is 5.98. The van der Waals surface area contributed by atoms with E-state index in [1.54, 1.807) is 4.52 Å². The van der Waals surface area contributed by atoms with Gasteiger partial charge in [-0.05, 0) is 50.8 Å². The summed E-state index contributed by atoms with van der Waals surface area (Å²) in [6, 6.07) is 10.6. The molecule has 0 radical (unpaired) electrons. The van der Waals surface area contributed by atoms with E-state index in [9.17, 15) is 9.59 Å². The second-order valence-electron chi connectivity index (χ2n) is 8.55. The van der Waals surface area contributed by atoms with Crippen molar-refractivity contribution in [1.29, 1.82) is 0 Å². The van der Waals surface area contributed by atoms with Crippen LogP contribution in [-0.4, -0.2) is 50.4 Å². The summed E-state index contributed by atoms with van der Waals surface area (Å²) in [4.78, 5) is 31.2. The van der Waals surface area contributed by atoms with Crippen molar-refractivity contribution < 1.29 is 9.59 Å². The molecule has 1 saturated heterocycles. The van der Waals surface area contributed by atoms with Gasteiger partial charge in [0.25, 0.3) is 5.91 Å². The number of carbonyl (C=O) groups is 2. The second kappa shape index (κ2) is 9.48. The van der Waals surface area contributed by atoms with Crippen LogP contribution >= 0.6 is 0 Å². The molecule has 8 heteroatoms. The van der Waals surface area contributed by atoms with E-state index in [2.05, 4.69) is 44.6 Å². The summed E-state index contributed by atoms with van der Waals surface area (Å²) in [6.45, 7) is 6.65. The number of amides is 2. The summed E-state index contributed by atoms with van der Waals surface area (Å²) in [5, 5.41) is 7.47. The molecule has 32 heavy (non-hydrogen) atoms. The summed E-state index contributed by atoms with van der Waals surface area (Å²) < 4.78 is 1.63. The number of nitrogens with one attached hydrogen (secondary N) is 1. The van der Waals surface area contributed by atoms with E-state index in [0.717, 1.165) is 49.4 Å². The molecule has 0 spiro atoms. The number of rotatable bonds is 7. The van der Waals surface area contributed by atoms with Crippen LogP contribution in [0.4, 0.5) is 0 Å². The molecule has 1 atom stereocenters. The van der Waals surface area contributed by atoms with Crippen LogP contribution in [0.15, 0.2) is 36.5 Å². The smallest absolute Gasteiger partial charge is 0.254 e. The Bertz CT molecular complexity index is 1120. The normalized spacial score (nSPS) is 16.9. The number of benzene rings is 1. The lowest BCUT2D eigenvalue weighted by Gasteiger charge is -2.33. The van der Waals surface area contributed by atoms with Crippen LogP contribution in [0.2, 0.25) is 0 Å². The molecule has 0 saturated carbocycles. The van der Waals surface area contributed by atoms with E-state index in [1.165, 1.54) is 11.8 Å². The Kier molecular flexibility index (Phi) is 6.50. The zero-order chi connectivity index (χ0) is 22.7. The molecule has 0 bridgehead atoms. The number of nitrogens with zero attached hydrogens (tertiary/aromatic N) is 4. The Balaban J connectivity index is 1.35. The van der Waals surface area contributed by atoms with Crippen LogP contribution < -0.4 is 11.1 Å². The predicted octanol–water partition coefficient (Wildman–Crippen LogP) is 2.16. The van der Waals surface area contributed by atoms with Crippen molar-refractivity contribution in [2.45, 2.75) is 52.1 Å². The Morgan fingerprint density at radius 2 is 2.00 bits per heavy atom. The number of likely N-dealkylation sites (tertiary alicyclic amines) is 1. The minimum atomic E-state index is -0.549. The first-order chi connectivity index (χ1) is 15.4.